The van der Waals surface area contributed by atoms with E-state index in [9.17, 15) is 4.79 Å². The van der Waals surface area contributed by atoms with Crippen LogP contribution in [0.25, 0.3) is 0 Å². The van der Waals surface area contributed by atoms with Gasteiger partial charge in [0.15, 0.2) is 0 Å². The van der Waals surface area contributed by atoms with Crippen molar-refractivity contribution in [3.63, 3.8) is 0 Å². The average Bonchev–Trinajstić information content (AvgIpc) is 2.10. The van der Waals surface area contributed by atoms with E-state index in [2.05, 4.69) is 0 Å². The van der Waals surface area contributed by atoms with E-state index >= 15 is 0 Å². The van der Waals surface area contributed by atoms with Crippen LogP contribution >= 0.6 is 0 Å². The minimum atomic E-state index is 0.162. The molecule has 0 saturated carbocycles. The summed E-state index contributed by atoms with van der Waals surface area (Å²) in [5.74, 6) is 0.894. The van der Waals surface area contributed by atoms with E-state index in [0.717, 1.165) is 23.2 Å². The second kappa shape index (κ2) is 4.27. The molecule has 0 atom stereocenters. The van der Waals surface area contributed by atoms with Gasteiger partial charge >= 0.3 is 0 Å². The zero-order valence-corrected chi connectivity index (χ0v) is 9.13. The van der Waals surface area contributed by atoms with Crippen molar-refractivity contribution in [2.45, 2.75) is 33.8 Å². The van der Waals surface area contributed by atoms with Crippen LogP contribution in [0.1, 0.15) is 35.3 Å². The summed E-state index contributed by atoms with van der Waals surface area (Å²) in [5, 5.41) is 0. The number of aldehydes is 1. The second-order valence-electron chi connectivity index (χ2n) is 3.77. The predicted molar refractivity (Wildman–Crippen MR) is 57.1 cm³/mol. The molecule has 1 aromatic carbocycles. The molecule has 14 heavy (non-hydrogen) atoms. The molecular weight excluding hydrogens is 176 g/mol. The molecule has 0 aliphatic rings. The van der Waals surface area contributed by atoms with Gasteiger partial charge in [-0.15, -0.1) is 0 Å². The van der Waals surface area contributed by atoms with Crippen LogP contribution in [-0.2, 0) is 0 Å². The molecule has 0 bridgehead atoms. The summed E-state index contributed by atoms with van der Waals surface area (Å²) in [6.07, 6.45) is 1.02. The van der Waals surface area contributed by atoms with Gasteiger partial charge in [-0.05, 0) is 51.0 Å². The van der Waals surface area contributed by atoms with Crippen LogP contribution in [0.2, 0.25) is 0 Å². The predicted octanol–water partition coefficient (Wildman–Crippen LogP) is 2.90. The smallest absolute Gasteiger partial charge is 0.150 e. The van der Waals surface area contributed by atoms with Crippen LogP contribution in [-0.4, -0.2) is 12.4 Å². The van der Waals surface area contributed by atoms with Crippen LogP contribution in [0.5, 0.6) is 5.75 Å². The first-order valence-corrected chi connectivity index (χ1v) is 4.77. The van der Waals surface area contributed by atoms with E-state index < -0.39 is 0 Å². The van der Waals surface area contributed by atoms with Gasteiger partial charge in [0.25, 0.3) is 0 Å². The van der Waals surface area contributed by atoms with Gasteiger partial charge < -0.3 is 4.74 Å². The highest BCUT2D eigenvalue weighted by Crippen LogP contribution is 2.25. The molecule has 0 saturated heterocycles. The van der Waals surface area contributed by atoms with Crippen molar-refractivity contribution in [3.8, 4) is 5.75 Å². The topological polar surface area (TPSA) is 26.3 Å². The summed E-state index contributed by atoms with van der Waals surface area (Å²) in [4.78, 5) is 10.6. The van der Waals surface area contributed by atoms with Crippen LogP contribution in [0.4, 0.5) is 0 Å². The van der Waals surface area contributed by atoms with Crippen molar-refractivity contribution in [3.05, 3.63) is 28.8 Å². The molecule has 2 heteroatoms. The number of carbonyl (C=O) groups is 1. The van der Waals surface area contributed by atoms with E-state index in [1.165, 1.54) is 0 Å². The van der Waals surface area contributed by atoms with Crippen molar-refractivity contribution < 1.29 is 9.53 Å². The van der Waals surface area contributed by atoms with Crippen molar-refractivity contribution in [1.82, 2.24) is 0 Å². The molecule has 0 heterocycles. The third kappa shape index (κ3) is 2.34. The van der Waals surface area contributed by atoms with Gasteiger partial charge in [-0.3, -0.25) is 4.79 Å². The third-order valence-electron chi connectivity index (χ3n) is 1.97. The Morgan fingerprint density at radius 2 is 1.71 bits per heavy atom. The summed E-state index contributed by atoms with van der Waals surface area (Å²) in [5.41, 5.74) is 2.73. The zero-order valence-electron chi connectivity index (χ0n) is 9.13. The Kier molecular flexibility index (Phi) is 3.28. The SMILES string of the molecule is Cc1cc(C=O)cc(C)c1OC(C)C. The standard InChI is InChI=1S/C12H16O2/c1-8(2)14-12-9(3)5-11(7-13)6-10(12)4/h5-8H,1-4H3. The molecular formula is C12H16O2. The van der Waals surface area contributed by atoms with Gasteiger partial charge in [0.2, 0.25) is 0 Å². The minimum Gasteiger partial charge on any atom is -0.490 e. The Bertz CT molecular complexity index is 317. The lowest BCUT2D eigenvalue weighted by molar-refractivity contribution is 0.112. The fraction of sp³-hybridized carbons (Fsp3) is 0.417. The van der Waals surface area contributed by atoms with Crippen molar-refractivity contribution in [2.75, 3.05) is 0 Å². The molecule has 0 spiro atoms. The van der Waals surface area contributed by atoms with E-state index in [1.807, 2.05) is 39.8 Å². The normalized spacial score (nSPS) is 10.4. The maximum absolute atomic E-state index is 10.6. The fourth-order valence-electron chi connectivity index (χ4n) is 1.47. The van der Waals surface area contributed by atoms with Crippen LogP contribution in [0.3, 0.4) is 0 Å². The number of carbonyl (C=O) groups excluding carboxylic acids is 1. The van der Waals surface area contributed by atoms with Gasteiger partial charge in [-0.1, -0.05) is 0 Å². The Morgan fingerprint density at radius 3 is 2.07 bits per heavy atom. The van der Waals surface area contributed by atoms with Gasteiger partial charge in [0, 0.05) is 5.56 Å². The summed E-state index contributed by atoms with van der Waals surface area (Å²) in [6.45, 7) is 7.90. The summed E-state index contributed by atoms with van der Waals surface area (Å²) >= 11 is 0. The van der Waals surface area contributed by atoms with Crippen molar-refractivity contribution >= 4 is 6.29 Å². The lowest BCUT2D eigenvalue weighted by Crippen LogP contribution is -2.08. The third-order valence-corrected chi connectivity index (χ3v) is 1.97. The number of rotatable bonds is 3. The number of benzene rings is 1. The highest BCUT2D eigenvalue weighted by molar-refractivity contribution is 5.76. The minimum absolute atomic E-state index is 0.162. The maximum atomic E-state index is 10.6. The van der Waals surface area contributed by atoms with Crippen LogP contribution in [0.15, 0.2) is 12.1 Å². The van der Waals surface area contributed by atoms with Gasteiger partial charge in [-0.2, -0.15) is 0 Å². The van der Waals surface area contributed by atoms with Gasteiger partial charge in [0.1, 0.15) is 12.0 Å². The monoisotopic (exact) mass is 192 g/mol. The Morgan fingerprint density at radius 1 is 1.21 bits per heavy atom. The number of hydrogen-bond acceptors (Lipinski definition) is 2. The molecule has 0 aliphatic carbocycles. The zero-order chi connectivity index (χ0) is 10.7. The molecule has 0 fully saturated rings. The van der Waals surface area contributed by atoms with Crippen molar-refractivity contribution in [1.29, 1.82) is 0 Å². The molecule has 1 aromatic rings. The Labute approximate surface area is 84.9 Å². The molecule has 0 radical (unpaired) electrons. The summed E-state index contributed by atoms with van der Waals surface area (Å²) < 4.78 is 5.66. The van der Waals surface area contributed by atoms with E-state index in [-0.39, 0.29) is 6.10 Å². The maximum Gasteiger partial charge on any atom is 0.150 e. The number of aryl methyl sites for hydroxylation is 2. The number of hydrogen-bond donors (Lipinski definition) is 0. The van der Waals surface area contributed by atoms with Gasteiger partial charge in [-0.25, -0.2) is 0 Å². The molecule has 76 valence electrons. The molecule has 2 nitrogen and oxygen atoms in total. The van der Waals surface area contributed by atoms with Gasteiger partial charge in [0.05, 0.1) is 6.10 Å². The first-order valence-electron chi connectivity index (χ1n) is 4.77. The molecule has 0 unspecified atom stereocenters. The van der Waals surface area contributed by atoms with E-state index in [1.54, 1.807) is 0 Å². The first kappa shape index (κ1) is 10.8. The first-order chi connectivity index (χ1) is 6.54. The average molecular weight is 192 g/mol. The summed E-state index contributed by atoms with van der Waals surface area (Å²) in [6, 6.07) is 3.69. The highest BCUT2D eigenvalue weighted by atomic mass is 16.5. The lowest BCUT2D eigenvalue weighted by Gasteiger charge is -2.15. The molecule has 0 N–H and O–H groups in total. The molecule has 1 rings (SSSR count). The quantitative estimate of drug-likeness (QED) is 0.688. The fourth-order valence-corrected chi connectivity index (χ4v) is 1.47. The molecule has 0 aliphatic heterocycles. The number of ether oxygens (including phenoxy) is 1. The van der Waals surface area contributed by atoms with Crippen LogP contribution < -0.4 is 4.74 Å². The van der Waals surface area contributed by atoms with Crippen molar-refractivity contribution in [2.24, 2.45) is 0 Å². The second-order valence-corrected chi connectivity index (χ2v) is 3.77. The van der Waals surface area contributed by atoms with E-state index in [0.29, 0.717) is 5.56 Å². The highest BCUT2D eigenvalue weighted by Gasteiger charge is 2.07. The summed E-state index contributed by atoms with van der Waals surface area (Å²) in [7, 11) is 0. The Hall–Kier alpha value is -1.31. The largest absolute Gasteiger partial charge is 0.490 e. The van der Waals surface area contributed by atoms with E-state index in [4.69, 9.17) is 4.74 Å². The van der Waals surface area contributed by atoms with Crippen LogP contribution in [0, 0.1) is 13.8 Å². The molecule has 0 aromatic heterocycles. The molecule has 0 amide bonds. The Balaban J connectivity index is 3.11. The lowest BCUT2D eigenvalue weighted by atomic mass is 10.1.